The van der Waals surface area contributed by atoms with E-state index >= 15 is 0 Å². The van der Waals surface area contributed by atoms with Gasteiger partial charge in [-0.3, -0.25) is 9.88 Å². The molecule has 1 aromatic heterocycles. The Hall–Kier alpha value is -3.50. The Bertz CT molecular complexity index is 1040. The third kappa shape index (κ3) is 4.34. The second kappa shape index (κ2) is 10.2. The molecule has 4 aromatic rings. The molecule has 4 heteroatoms. The number of hydrogen-bond donors (Lipinski definition) is 0. The smallest absolute Gasteiger partial charge is 0.147 e. The van der Waals surface area contributed by atoms with Gasteiger partial charge < -0.3 is 4.90 Å². The maximum atomic E-state index is 4.49. The van der Waals surface area contributed by atoms with E-state index in [1.807, 2.05) is 6.20 Å². The molecule has 1 saturated heterocycles. The van der Waals surface area contributed by atoms with Crippen molar-refractivity contribution in [1.82, 2.24) is 14.9 Å². The summed E-state index contributed by atoms with van der Waals surface area (Å²) in [6, 6.07) is 33.1. The highest BCUT2D eigenvalue weighted by Gasteiger charge is 2.42. The van der Waals surface area contributed by atoms with Gasteiger partial charge in [0.1, 0.15) is 5.82 Å². The summed E-state index contributed by atoms with van der Waals surface area (Å²) in [5.74, 6) is 1.34. The third-order valence-corrected chi connectivity index (χ3v) is 7.20. The van der Waals surface area contributed by atoms with Crippen LogP contribution in [-0.2, 0) is 5.41 Å². The minimum absolute atomic E-state index is 0.230. The van der Waals surface area contributed by atoms with Crippen molar-refractivity contribution in [3.63, 3.8) is 0 Å². The summed E-state index contributed by atoms with van der Waals surface area (Å²) in [6.45, 7) is 7.43. The predicted molar refractivity (Wildman–Crippen MR) is 139 cm³/mol. The Morgan fingerprint density at radius 3 is 1.65 bits per heavy atom. The lowest BCUT2D eigenvalue weighted by atomic mass is 9.62. The first-order valence-corrected chi connectivity index (χ1v) is 12.2. The molecule has 1 fully saturated rings. The van der Waals surface area contributed by atoms with Crippen molar-refractivity contribution in [1.29, 1.82) is 0 Å². The third-order valence-electron chi connectivity index (χ3n) is 7.20. The quantitative estimate of drug-likeness (QED) is 0.361. The fourth-order valence-electron chi connectivity index (χ4n) is 5.59. The van der Waals surface area contributed by atoms with Crippen LogP contribution in [-0.4, -0.2) is 47.6 Å². The molecule has 0 spiro atoms. The van der Waals surface area contributed by atoms with Gasteiger partial charge in [-0.25, -0.2) is 4.98 Å². The highest BCUT2D eigenvalue weighted by Crippen LogP contribution is 2.45. The molecule has 1 aliphatic heterocycles. The molecule has 1 atom stereocenters. The average Bonchev–Trinajstić information content (AvgIpc) is 2.92. The SMILES string of the molecule is CC(CN1CCN(c2cnccn2)CC1)C(c1ccccc1)(c1ccccc1)c1ccccc1. The molecule has 0 radical (unpaired) electrons. The molecule has 3 aromatic carbocycles. The summed E-state index contributed by atoms with van der Waals surface area (Å²) in [6.07, 6.45) is 5.37. The zero-order chi connectivity index (χ0) is 23.2. The van der Waals surface area contributed by atoms with Crippen LogP contribution in [0.15, 0.2) is 110 Å². The van der Waals surface area contributed by atoms with Gasteiger partial charge in [0, 0.05) is 50.5 Å². The van der Waals surface area contributed by atoms with Gasteiger partial charge in [-0.05, 0) is 22.6 Å². The predicted octanol–water partition coefficient (Wildman–Crippen LogP) is 5.27. The molecular formula is C30H32N4. The van der Waals surface area contributed by atoms with Crippen molar-refractivity contribution >= 4 is 5.82 Å². The van der Waals surface area contributed by atoms with Crippen LogP contribution in [0.1, 0.15) is 23.6 Å². The van der Waals surface area contributed by atoms with Crippen molar-refractivity contribution in [2.24, 2.45) is 5.92 Å². The molecule has 172 valence electrons. The van der Waals surface area contributed by atoms with Gasteiger partial charge in [-0.15, -0.1) is 0 Å². The molecule has 1 aliphatic rings. The lowest BCUT2D eigenvalue weighted by Crippen LogP contribution is -2.50. The van der Waals surface area contributed by atoms with E-state index in [-0.39, 0.29) is 5.41 Å². The molecule has 34 heavy (non-hydrogen) atoms. The Morgan fingerprint density at radius 2 is 1.21 bits per heavy atom. The minimum Gasteiger partial charge on any atom is -0.353 e. The second-order valence-electron chi connectivity index (χ2n) is 9.16. The van der Waals surface area contributed by atoms with E-state index in [2.05, 4.69) is 118 Å². The number of nitrogens with zero attached hydrogens (tertiary/aromatic N) is 4. The summed E-state index contributed by atoms with van der Waals surface area (Å²) >= 11 is 0. The molecule has 0 N–H and O–H groups in total. The fraction of sp³-hybridized carbons (Fsp3) is 0.267. The van der Waals surface area contributed by atoms with Gasteiger partial charge in [-0.2, -0.15) is 0 Å². The summed E-state index contributed by atoms with van der Waals surface area (Å²) in [5.41, 5.74) is 3.81. The molecule has 1 unspecified atom stereocenters. The molecule has 0 bridgehead atoms. The van der Waals surface area contributed by atoms with Gasteiger partial charge in [0.25, 0.3) is 0 Å². The van der Waals surface area contributed by atoms with Crippen LogP contribution in [0.5, 0.6) is 0 Å². The van der Waals surface area contributed by atoms with E-state index in [9.17, 15) is 0 Å². The first kappa shape index (κ1) is 22.3. The highest BCUT2D eigenvalue weighted by atomic mass is 15.3. The van der Waals surface area contributed by atoms with Crippen molar-refractivity contribution in [2.75, 3.05) is 37.6 Å². The lowest BCUT2D eigenvalue weighted by Gasteiger charge is -2.44. The Kier molecular flexibility index (Phi) is 6.68. The average molecular weight is 449 g/mol. The number of benzene rings is 3. The Labute approximate surface area is 202 Å². The number of piperazine rings is 1. The van der Waals surface area contributed by atoms with Gasteiger partial charge >= 0.3 is 0 Å². The second-order valence-corrected chi connectivity index (χ2v) is 9.16. The standard InChI is InChI=1S/C30H32N4/c1-25(24-33-19-21-34(22-20-33)29-23-31-17-18-32-29)30(26-11-5-2-6-12-26,27-13-7-3-8-14-27)28-15-9-4-10-16-28/h2-18,23,25H,19-22,24H2,1H3. The topological polar surface area (TPSA) is 32.3 Å². The van der Waals surface area contributed by atoms with E-state index in [0.29, 0.717) is 5.92 Å². The van der Waals surface area contributed by atoms with E-state index < -0.39 is 0 Å². The lowest BCUT2D eigenvalue weighted by molar-refractivity contribution is 0.198. The molecular weight excluding hydrogens is 416 g/mol. The zero-order valence-corrected chi connectivity index (χ0v) is 19.8. The summed E-state index contributed by atoms with van der Waals surface area (Å²) < 4.78 is 0. The molecule has 4 nitrogen and oxygen atoms in total. The number of aromatic nitrogens is 2. The summed E-state index contributed by atoms with van der Waals surface area (Å²) in [4.78, 5) is 13.7. The first-order chi connectivity index (χ1) is 16.8. The van der Waals surface area contributed by atoms with Gasteiger partial charge in [0.05, 0.1) is 6.20 Å². The Morgan fingerprint density at radius 1 is 0.706 bits per heavy atom. The normalized spacial score (nSPS) is 15.7. The van der Waals surface area contributed by atoms with E-state index in [1.54, 1.807) is 12.4 Å². The first-order valence-electron chi connectivity index (χ1n) is 12.2. The van der Waals surface area contributed by atoms with Crippen molar-refractivity contribution < 1.29 is 0 Å². The molecule has 0 saturated carbocycles. The van der Waals surface area contributed by atoms with E-state index in [4.69, 9.17) is 0 Å². The summed E-state index contributed by atoms with van der Waals surface area (Å²) in [5, 5.41) is 0. The van der Waals surface area contributed by atoms with Gasteiger partial charge in [0.2, 0.25) is 0 Å². The van der Waals surface area contributed by atoms with Crippen LogP contribution in [0.3, 0.4) is 0 Å². The number of hydrogen-bond acceptors (Lipinski definition) is 4. The zero-order valence-electron chi connectivity index (χ0n) is 19.8. The van der Waals surface area contributed by atoms with E-state index in [0.717, 1.165) is 38.5 Å². The fourth-order valence-corrected chi connectivity index (χ4v) is 5.59. The van der Waals surface area contributed by atoms with Crippen molar-refractivity contribution in [3.8, 4) is 0 Å². The molecule has 5 rings (SSSR count). The van der Waals surface area contributed by atoms with Crippen LogP contribution in [0, 0.1) is 5.92 Å². The number of anilines is 1. The minimum atomic E-state index is -0.230. The monoisotopic (exact) mass is 448 g/mol. The molecule has 0 aliphatic carbocycles. The van der Waals surface area contributed by atoms with Gasteiger partial charge in [0.15, 0.2) is 0 Å². The van der Waals surface area contributed by atoms with Crippen molar-refractivity contribution in [2.45, 2.75) is 12.3 Å². The van der Waals surface area contributed by atoms with Crippen LogP contribution in [0.4, 0.5) is 5.82 Å². The maximum absolute atomic E-state index is 4.49. The van der Waals surface area contributed by atoms with Gasteiger partial charge in [-0.1, -0.05) is 97.9 Å². The Balaban J connectivity index is 1.47. The largest absolute Gasteiger partial charge is 0.353 e. The maximum Gasteiger partial charge on any atom is 0.147 e. The van der Waals surface area contributed by atoms with Crippen LogP contribution >= 0.6 is 0 Å². The van der Waals surface area contributed by atoms with Crippen molar-refractivity contribution in [3.05, 3.63) is 126 Å². The number of rotatable bonds is 7. The van der Waals surface area contributed by atoms with Crippen LogP contribution in [0.25, 0.3) is 0 Å². The van der Waals surface area contributed by atoms with Crippen LogP contribution < -0.4 is 4.90 Å². The highest BCUT2D eigenvalue weighted by molar-refractivity contribution is 5.51. The van der Waals surface area contributed by atoms with E-state index in [1.165, 1.54) is 16.7 Å². The van der Waals surface area contributed by atoms with Crippen LogP contribution in [0.2, 0.25) is 0 Å². The molecule has 2 heterocycles. The molecule has 0 amide bonds. The summed E-state index contributed by atoms with van der Waals surface area (Å²) in [7, 11) is 0.